The average molecular weight is 233 g/mol. The number of hydrogen-bond donors (Lipinski definition) is 1. The zero-order valence-corrected chi connectivity index (χ0v) is 10.0. The SMILES string of the molecule is NCCCc1noc(C2C3C4CCC(C4)C23)n1. The maximum atomic E-state index is 5.49. The van der Waals surface area contributed by atoms with Crippen LogP contribution in [0.4, 0.5) is 0 Å². The van der Waals surface area contributed by atoms with Crippen LogP contribution in [0.2, 0.25) is 0 Å². The van der Waals surface area contributed by atoms with Crippen LogP contribution < -0.4 is 5.73 Å². The lowest BCUT2D eigenvalue weighted by molar-refractivity contribution is 0.352. The minimum Gasteiger partial charge on any atom is -0.339 e. The molecular formula is C13H19N3O. The Balaban J connectivity index is 1.48. The topological polar surface area (TPSA) is 64.9 Å². The fraction of sp³-hybridized carbons (Fsp3) is 0.846. The van der Waals surface area contributed by atoms with Gasteiger partial charge in [-0.2, -0.15) is 4.98 Å². The second kappa shape index (κ2) is 3.55. The molecule has 2 N–H and O–H groups in total. The van der Waals surface area contributed by atoms with E-state index in [-0.39, 0.29) is 0 Å². The Bertz CT molecular complexity index is 414. The number of hydrogen-bond acceptors (Lipinski definition) is 4. The average Bonchev–Trinajstić information content (AvgIpc) is 2.78. The van der Waals surface area contributed by atoms with Crippen molar-refractivity contribution < 1.29 is 4.52 Å². The van der Waals surface area contributed by atoms with Crippen molar-refractivity contribution in [2.45, 2.75) is 38.0 Å². The molecule has 0 spiro atoms. The summed E-state index contributed by atoms with van der Waals surface area (Å²) in [6, 6.07) is 0. The molecule has 2 bridgehead atoms. The van der Waals surface area contributed by atoms with E-state index in [1.54, 1.807) is 0 Å². The van der Waals surface area contributed by atoms with Gasteiger partial charge in [-0.15, -0.1) is 0 Å². The van der Waals surface area contributed by atoms with Gasteiger partial charge < -0.3 is 10.3 Å². The molecule has 0 amide bonds. The number of nitrogens with two attached hydrogens (primary N) is 1. The van der Waals surface area contributed by atoms with Crippen molar-refractivity contribution in [3.05, 3.63) is 11.7 Å². The van der Waals surface area contributed by atoms with Gasteiger partial charge in [-0.1, -0.05) is 5.16 Å². The zero-order chi connectivity index (χ0) is 11.4. The third-order valence-electron chi connectivity index (χ3n) is 5.11. The summed E-state index contributed by atoms with van der Waals surface area (Å²) in [6.07, 6.45) is 6.16. The summed E-state index contributed by atoms with van der Waals surface area (Å²) < 4.78 is 5.44. The van der Waals surface area contributed by atoms with Crippen molar-refractivity contribution in [2.24, 2.45) is 29.4 Å². The third-order valence-corrected chi connectivity index (χ3v) is 5.11. The smallest absolute Gasteiger partial charge is 0.230 e. The van der Waals surface area contributed by atoms with Crippen molar-refractivity contribution in [2.75, 3.05) is 6.54 Å². The maximum absolute atomic E-state index is 5.49. The Morgan fingerprint density at radius 2 is 2.00 bits per heavy atom. The molecule has 0 aromatic carbocycles. The Labute approximate surface area is 101 Å². The largest absolute Gasteiger partial charge is 0.339 e. The first-order valence-corrected chi connectivity index (χ1v) is 6.91. The molecule has 4 unspecified atom stereocenters. The minimum atomic E-state index is 0.611. The van der Waals surface area contributed by atoms with Gasteiger partial charge in [0.1, 0.15) is 0 Å². The van der Waals surface area contributed by atoms with E-state index in [4.69, 9.17) is 10.3 Å². The van der Waals surface area contributed by atoms with Gasteiger partial charge in [-0.05, 0) is 55.9 Å². The van der Waals surface area contributed by atoms with Crippen LogP contribution in [0, 0.1) is 23.7 Å². The van der Waals surface area contributed by atoms with Crippen LogP contribution in [0.3, 0.4) is 0 Å². The van der Waals surface area contributed by atoms with Crippen molar-refractivity contribution in [3.63, 3.8) is 0 Å². The predicted molar refractivity (Wildman–Crippen MR) is 62.2 cm³/mol. The van der Waals surface area contributed by atoms with Gasteiger partial charge in [-0.25, -0.2) is 0 Å². The first-order valence-electron chi connectivity index (χ1n) is 6.91. The molecule has 3 aliphatic rings. The van der Waals surface area contributed by atoms with Gasteiger partial charge in [0.25, 0.3) is 0 Å². The van der Waals surface area contributed by atoms with Gasteiger partial charge in [0, 0.05) is 12.3 Å². The molecule has 1 aromatic heterocycles. The normalized spacial score (nSPS) is 41.8. The van der Waals surface area contributed by atoms with E-state index in [2.05, 4.69) is 10.1 Å². The fourth-order valence-electron chi connectivity index (χ4n) is 4.42. The van der Waals surface area contributed by atoms with Gasteiger partial charge >= 0.3 is 0 Å². The van der Waals surface area contributed by atoms with Crippen molar-refractivity contribution in [3.8, 4) is 0 Å². The van der Waals surface area contributed by atoms with Crippen LogP contribution in [0.25, 0.3) is 0 Å². The van der Waals surface area contributed by atoms with Crippen molar-refractivity contribution >= 4 is 0 Å². The molecule has 4 heteroatoms. The third kappa shape index (κ3) is 1.39. The van der Waals surface area contributed by atoms with Crippen LogP contribution in [-0.2, 0) is 6.42 Å². The summed E-state index contributed by atoms with van der Waals surface area (Å²) >= 11 is 0. The molecule has 92 valence electrons. The lowest BCUT2D eigenvalue weighted by Gasteiger charge is -2.04. The minimum absolute atomic E-state index is 0.611. The molecule has 1 heterocycles. The Hall–Kier alpha value is -0.900. The van der Waals surface area contributed by atoms with Gasteiger partial charge in [0.15, 0.2) is 5.82 Å². The summed E-state index contributed by atoms with van der Waals surface area (Å²) in [5.41, 5.74) is 5.49. The van der Waals surface area contributed by atoms with E-state index in [0.717, 1.165) is 48.2 Å². The molecule has 0 saturated heterocycles. The van der Waals surface area contributed by atoms with Gasteiger partial charge in [0.05, 0.1) is 0 Å². The summed E-state index contributed by atoms with van der Waals surface area (Å²) in [4.78, 5) is 4.56. The zero-order valence-electron chi connectivity index (χ0n) is 10.0. The predicted octanol–water partition coefficient (Wildman–Crippen LogP) is 1.72. The van der Waals surface area contributed by atoms with Crippen LogP contribution in [-0.4, -0.2) is 16.7 Å². The molecular weight excluding hydrogens is 214 g/mol. The summed E-state index contributed by atoms with van der Waals surface area (Å²) in [7, 11) is 0. The summed E-state index contributed by atoms with van der Waals surface area (Å²) in [5.74, 6) is 6.09. The molecule has 0 aliphatic heterocycles. The first kappa shape index (κ1) is 10.1. The second-order valence-electron chi connectivity index (χ2n) is 5.95. The fourth-order valence-corrected chi connectivity index (χ4v) is 4.42. The Morgan fingerprint density at radius 3 is 2.71 bits per heavy atom. The monoisotopic (exact) mass is 233 g/mol. The number of aromatic nitrogens is 2. The summed E-state index contributed by atoms with van der Waals surface area (Å²) in [6.45, 7) is 0.697. The van der Waals surface area contributed by atoms with E-state index in [9.17, 15) is 0 Å². The van der Waals surface area contributed by atoms with Crippen LogP contribution in [0.1, 0.15) is 43.3 Å². The van der Waals surface area contributed by atoms with Gasteiger partial charge in [-0.3, -0.25) is 0 Å². The maximum Gasteiger partial charge on any atom is 0.230 e. The van der Waals surface area contributed by atoms with Crippen molar-refractivity contribution in [1.29, 1.82) is 0 Å². The second-order valence-corrected chi connectivity index (χ2v) is 5.95. The number of aryl methyl sites for hydroxylation is 1. The van der Waals surface area contributed by atoms with E-state index < -0.39 is 0 Å². The molecule has 3 saturated carbocycles. The van der Waals surface area contributed by atoms with E-state index in [1.165, 1.54) is 19.3 Å². The van der Waals surface area contributed by atoms with Crippen LogP contribution >= 0.6 is 0 Å². The number of fused-ring (bicyclic) bond motifs is 5. The lowest BCUT2D eigenvalue weighted by Crippen LogP contribution is -2.01. The summed E-state index contributed by atoms with van der Waals surface area (Å²) in [5, 5.41) is 4.07. The van der Waals surface area contributed by atoms with E-state index in [0.29, 0.717) is 12.5 Å². The standard InChI is InChI=1S/C13H19N3O/c14-5-1-2-9-15-13(17-16-9)12-10-7-3-4-8(6-7)11(10)12/h7-8,10-12H,1-6,14H2. The molecule has 1 aromatic rings. The number of rotatable bonds is 4. The van der Waals surface area contributed by atoms with Crippen LogP contribution in [0.5, 0.6) is 0 Å². The lowest BCUT2D eigenvalue weighted by atomic mass is 10.0. The van der Waals surface area contributed by atoms with Crippen molar-refractivity contribution in [1.82, 2.24) is 10.1 Å². The van der Waals surface area contributed by atoms with E-state index >= 15 is 0 Å². The Morgan fingerprint density at radius 1 is 1.24 bits per heavy atom. The molecule has 0 radical (unpaired) electrons. The highest BCUT2D eigenvalue weighted by molar-refractivity contribution is 5.22. The highest BCUT2D eigenvalue weighted by atomic mass is 16.5. The van der Waals surface area contributed by atoms with Gasteiger partial charge in [0.2, 0.25) is 5.89 Å². The first-order chi connectivity index (χ1) is 8.38. The highest BCUT2D eigenvalue weighted by Gasteiger charge is 2.67. The quantitative estimate of drug-likeness (QED) is 0.860. The molecule has 3 aliphatic carbocycles. The Kier molecular flexibility index (Phi) is 2.10. The molecule has 3 fully saturated rings. The van der Waals surface area contributed by atoms with E-state index in [1.807, 2.05) is 0 Å². The molecule has 4 nitrogen and oxygen atoms in total. The molecule has 17 heavy (non-hydrogen) atoms. The highest BCUT2D eigenvalue weighted by Crippen LogP contribution is 2.72. The van der Waals surface area contributed by atoms with Crippen LogP contribution in [0.15, 0.2) is 4.52 Å². The number of nitrogens with zero attached hydrogens (tertiary/aromatic N) is 2. The molecule has 4 atom stereocenters. The molecule has 4 rings (SSSR count).